The first-order chi connectivity index (χ1) is 9.65. The van der Waals surface area contributed by atoms with Crippen molar-refractivity contribution in [3.05, 3.63) is 52.2 Å². The highest BCUT2D eigenvalue weighted by molar-refractivity contribution is 7.10. The molecule has 0 aliphatic heterocycles. The molecule has 2 rings (SSSR count). The van der Waals surface area contributed by atoms with Crippen LogP contribution in [0.3, 0.4) is 0 Å². The van der Waals surface area contributed by atoms with E-state index in [1.54, 1.807) is 17.6 Å². The normalized spacial score (nSPS) is 10.7. The predicted octanol–water partition coefficient (Wildman–Crippen LogP) is 2.51. The lowest BCUT2D eigenvalue weighted by Gasteiger charge is -2.11. The number of hydrogen-bond donors (Lipinski definition) is 1. The summed E-state index contributed by atoms with van der Waals surface area (Å²) in [5.41, 5.74) is 4.61. The maximum absolute atomic E-state index is 11.6. The summed E-state index contributed by atoms with van der Waals surface area (Å²) in [6, 6.07) is 11.8. The highest BCUT2D eigenvalue weighted by Gasteiger charge is 2.02. The first-order valence-electron chi connectivity index (χ1n) is 6.27. The van der Waals surface area contributed by atoms with Gasteiger partial charge in [-0.25, -0.2) is 5.43 Å². The molecule has 0 aliphatic carbocycles. The van der Waals surface area contributed by atoms with Crippen molar-refractivity contribution in [2.45, 2.75) is 6.42 Å². The molecule has 2 aromatic rings. The number of rotatable bonds is 5. The van der Waals surface area contributed by atoms with E-state index in [1.807, 2.05) is 60.8 Å². The Morgan fingerprint density at radius 2 is 2.05 bits per heavy atom. The topological polar surface area (TPSA) is 44.7 Å². The second kappa shape index (κ2) is 6.86. The molecule has 0 saturated carbocycles. The smallest absolute Gasteiger partial charge is 0.245 e. The maximum atomic E-state index is 11.6. The van der Waals surface area contributed by atoms with Crippen molar-refractivity contribution in [1.82, 2.24) is 5.43 Å². The molecule has 0 bridgehead atoms. The van der Waals surface area contributed by atoms with Crippen molar-refractivity contribution in [2.75, 3.05) is 19.0 Å². The average molecular weight is 287 g/mol. The summed E-state index contributed by atoms with van der Waals surface area (Å²) in [6.07, 6.45) is 2.01. The molecule has 1 N–H and O–H groups in total. The highest BCUT2D eigenvalue weighted by atomic mass is 32.1. The summed E-state index contributed by atoms with van der Waals surface area (Å²) in [5.74, 6) is -0.103. The monoisotopic (exact) mass is 287 g/mol. The van der Waals surface area contributed by atoms with Gasteiger partial charge in [0, 0.05) is 24.7 Å². The van der Waals surface area contributed by atoms with Crippen LogP contribution in [0.15, 0.2) is 46.9 Å². The lowest BCUT2D eigenvalue weighted by Crippen LogP contribution is -2.19. The molecule has 0 unspecified atom stereocenters. The molecule has 0 saturated heterocycles. The van der Waals surface area contributed by atoms with Gasteiger partial charge < -0.3 is 4.90 Å². The van der Waals surface area contributed by atoms with Gasteiger partial charge in [-0.15, -0.1) is 11.3 Å². The largest absolute Gasteiger partial charge is 0.378 e. The van der Waals surface area contributed by atoms with Crippen molar-refractivity contribution in [3.8, 4) is 0 Å². The quantitative estimate of drug-likeness (QED) is 0.678. The fraction of sp³-hybridized carbons (Fsp3) is 0.200. The van der Waals surface area contributed by atoms with E-state index in [0.717, 1.165) is 16.1 Å². The number of carbonyl (C=O) groups is 1. The molecule has 1 amide bonds. The number of thiophene rings is 1. The molecule has 1 heterocycles. The molecule has 4 nitrogen and oxygen atoms in total. The lowest BCUT2D eigenvalue weighted by atomic mass is 10.2. The Kier molecular flexibility index (Phi) is 4.90. The molecular formula is C15H17N3OS. The van der Waals surface area contributed by atoms with E-state index in [-0.39, 0.29) is 5.91 Å². The maximum Gasteiger partial charge on any atom is 0.245 e. The number of benzene rings is 1. The van der Waals surface area contributed by atoms with Gasteiger partial charge in [-0.2, -0.15) is 5.10 Å². The average Bonchev–Trinajstić information content (AvgIpc) is 2.92. The minimum absolute atomic E-state index is 0.103. The summed E-state index contributed by atoms with van der Waals surface area (Å²) in [6.45, 7) is 0. The van der Waals surface area contributed by atoms with E-state index in [1.165, 1.54) is 0 Å². The van der Waals surface area contributed by atoms with Crippen LogP contribution in [0.4, 0.5) is 5.69 Å². The Labute approximate surface area is 122 Å². The van der Waals surface area contributed by atoms with Crippen LogP contribution >= 0.6 is 11.3 Å². The minimum atomic E-state index is -0.103. The molecule has 0 atom stereocenters. The summed E-state index contributed by atoms with van der Waals surface area (Å²) >= 11 is 1.57. The van der Waals surface area contributed by atoms with Crippen molar-refractivity contribution in [3.63, 3.8) is 0 Å². The van der Waals surface area contributed by atoms with E-state index in [4.69, 9.17) is 0 Å². The van der Waals surface area contributed by atoms with Crippen molar-refractivity contribution in [1.29, 1.82) is 0 Å². The SMILES string of the molecule is CN(C)c1ccc(/C=N/NC(=O)Cc2cccs2)cc1. The van der Waals surface area contributed by atoms with E-state index >= 15 is 0 Å². The van der Waals surface area contributed by atoms with Crippen LogP contribution in [0.1, 0.15) is 10.4 Å². The summed E-state index contributed by atoms with van der Waals surface area (Å²) in [5, 5.41) is 5.92. The Balaban J connectivity index is 1.85. The molecule has 104 valence electrons. The molecule has 0 aliphatic rings. The molecule has 0 radical (unpaired) electrons. The fourth-order valence-corrected chi connectivity index (χ4v) is 2.35. The van der Waals surface area contributed by atoms with E-state index in [0.29, 0.717) is 6.42 Å². The van der Waals surface area contributed by atoms with Gasteiger partial charge in [0.25, 0.3) is 0 Å². The minimum Gasteiger partial charge on any atom is -0.378 e. The molecular weight excluding hydrogens is 270 g/mol. The fourth-order valence-electron chi connectivity index (χ4n) is 1.65. The Bertz CT molecular complexity index is 574. The summed E-state index contributed by atoms with van der Waals surface area (Å²) in [4.78, 5) is 14.7. The van der Waals surface area contributed by atoms with Gasteiger partial charge in [-0.1, -0.05) is 18.2 Å². The summed E-state index contributed by atoms with van der Waals surface area (Å²) < 4.78 is 0. The third kappa shape index (κ3) is 4.20. The molecule has 0 fully saturated rings. The third-order valence-electron chi connectivity index (χ3n) is 2.73. The Hall–Kier alpha value is -2.14. The van der Waals surface area contributed by atoms with Gasteiger partial charge in [0.05, 0.1) is 12.6 Å². The van der Waals surface area contributed by atoms with Crippen LogP contribution in [0.25, 0.3) is 0 Å². The lowest BCUT2D eigenvalue weighted by molar-refractivity contribution is -0.120. The zero-order valence-electron chi connectivity index (χ0n) is 11.5. The highest BCUT2D eigenvalue weighted by Crippen LogP contribution is 2.11. The first kappa shape index (κ1) is 14.3. The molecule has 5 heteroatoms. The van der Waals surface area contributed by atoms with Crippen molar-refractivity contribution < 1.29 is 4.79 Å². The first-order valence-corrected chi connectivity index (χ1v) is 7.15. The van der Waals surface area contributed by atoms with Crippen LogP contribution < -0.4 is 10.3 Å². The number of hydrogen-bond acceptors (Lipinski definition) is 4. The van der Waals surface area contributed by atoms with E-state index in [2.05, 4.69) is 10.5 Å². The van der Waals surface area contributed by atoms with E-state index < -0.39 is 0 Å². The van der Waals surface area contributed by atoms with Gasteiger partial charge in [0.15, 0.2) is 0 Å². The van der Waals surface area contributed by atoms with Gasteiger partial charge in [-0.05, 0) is 29.1 Å². The Morgan fingerprint density at radius 3 is 2.65 bits per heavy atom. The third-order valence-corrected chi connectivity index (χ3v) is 3.60. The Morgan fingerprint density at radius 1 is 1.30 bits per heavy atom. The number of carbonyl (C=O) groups excluding carboxylic acids is 1. The zero-order chi connectivity index (χ0) is 14.4. The number of amides is 1. The van der Waals surface area contributed by atoms with Crippen LogP contribution in [0, 0.1) is 0 Å². The van der Waals surface area contributed by atoms with E-state index in [9.17, 15) is 4.79 Å². The summed E-state index contributed by atoms with van der Waals surface area (Å²) in [7, 11) is 3.99. The number of anilines is 1. The van der Waals surface area contributed by atoms with Crippen LogP contribution in [0.2, 0.25) is 0 Å². The van der Waals surface area contributed by atoms with Gasteiger partial charge in [0.2, 0.25) is 5.91 Å². The van der Waals surface area contributed by atoms with Crippen LogP contribution in [-0.4, -0.2) is 26.2 Å². The van der Waals surface area contributed by atoms with Gasteiger partial charge in [-0.3, -0.25) is 4.79 Å². The van der Waals surface area contributed by atoms with Gasteiger partial charge >= 0.3 is 0 Å². The molecule has 1 aromatic carbocycles. The molecule has 1 aromatic heterocycles. The van der Waals surface area contributed by atoms with Gasteiger partial charge in [0.1, 0.15) is 0 Å². The van der Waals surface area contributed by atoms with Crippen LogP contribution in [0.5, 0.6) is 0 Å². The predicted molar refractivity (Wildman–Crippen MR) is 84.5 cm³/mol. The molecule has 20 heavy (non-hydrogen) atoms. The molecule has 0 spiro atoms. The standard InChI is InChI=1S/C15H17N3OS/c1-18(2)13-7-5-12(6-8-13)11-16-17-15(19)10-14-4-3-9-20-14/h3-9,11H,10H2,1-2H3,(H,17,19)/b16-11+. The second-order valence-electron chi connectivity index (χ2n) is 4.54. The number of nitrogens with zero attached hydrogens (tertiary/aromatic N) is 2. The second-order valence-corrected chi connectivity index (χ2v) is 5.57. The zero-order valence-corrected chi connectivity index (χ0v) is 12.4. The van der Waals surface area contributed by atoms with Crippen molar-refractivity contribution in [2.24, 2.45) is 5.10 Å². The van der Waals surface area contributed by atoms with Crippen LogP contribution in [-0.2, 0) is 11.2 Å². The number of nitrogens with one attached hydrogen (secondary N) is 1. The van der Waals surface area contributed by atoms with Crippen molar-refractivity contribution >= 4 is 29.1 Å². The number of hydrazone groups is 1.